The molecule has 0 saturated carbocycles. The highest BCUT2D eigenvalue weighted by Gasteiger charge is 2.47. The van der Waals surface area contributed by atoms with E-state index in [9.17, 15) is 14.7 Å². The number of hydrogen-bond donors (Lipinski definition) is 1. The minimum absolute atomic E-state index is 0.0630. The average Bonchev–Trinajstić information content (AvgIpc) is 3.42. The van der Waals surface area contributed by atoms with Gasteiger partial charge in [0.15, 0.2) is 11.5 Å². The van der Waals surface area contributed by atoms with E-state index < -0.39 is 17.7 Å². The standard InChI is InChI=1S/C26H29NO6/c1-4-32-20-12-11-18(14-21(20)31-3)23-22(24(28)17-9-7-16(2)8-10-17)25(29)26(30)27(23)15-19-6-5-13-33-19/h7-12,14,19,23,28H,4-6,13,15H2,1-3H3/b24-22+. The second-order valence-corrected chi connectivity index (χ2v) is 8.30. The average molecular weight is 452 g/mol. The molecule has 2 atom stereocenters. The van der Waals surface area contributed by atoms with Crippen LogP contribution in [0.1, 0.15) is 42.5 Å². The summed E-state index contributed by atoms with van der Waals surface area (Å²) < 4.78 is 16.9. The van der Waals surface area contributed by atoms with Crippen LogP contribution in [0.25, 0.3) is 5.76 Å². The second-order valence-electron chi connectivity index (χ2n) is 8.30. The molecule has 2 unspecified atom stereocenters. The fraction of sp³-hybridized carbons (Fsp3) is 0.385. The Kier molecular flexibility index (Phi) is 6.70. The summed E-state index contributed by atoms with van der Waals surface area (Å²) in [6, 6.07) is 11.7. The number of carbonyl (C=O) groups excluding carboxylic acids is 2. The molecule has 2 saturated heterocycles. The van der Waals surface area contributed by atoms with E-state index >= 15 is 0 Å². The quantitative estimate of drug-likeness (QED) is 0.389. The highest BCUT2D eigenvalue weighted by molar-refractivity contribution is 6.46. The van der Waals surface area contributed by atoms with Gasteiger partial charge < -0.3 is 24.2 Å². The number of rotatable bonds is 7. The molecule has 4 rings (SSSR count). The third-order valence-electron chi connectivity index (χ3n) is 6.09. The van der Waals surface area contributed by atoms with Crippen LogP contribution in [-0.2, 0) is 14.3 Å². The molecule has 2 aliphatic heterocycles. The third kappa shape index (κ3) is 4.46. The van der Waals surface area contributed by atoms with Crippen LogP contribution in [0.2, 0.25) is 0 Å². The number of ether oxygens (including phenoxy) is 3. The number of nitrogens with zero attached hydrogens (tertiary/aromatic N) is 1. The number of Topliss-reactive ketones (excluding diaryl/α,β-unsaturated/α-hetero) is 1. The Morgan fingerprint density at radius 1 is 1.15 bits per heavy atom. The van der Waals surface area contributed by atoms with Gasteiger partial charge in [-0.2, -0.15) is 0 Å². The number of benzene rings is 2. The third-order valence-corrected chi connectivity index (χ3v) is 6.09. The second kappa shape index (κ2) is 9.67. The maximum absolute atomic E-state index is 13.2. The molecule has 33 heavy (non-hydrogen) atoms. The molecule has 0 aromatic heterocycles. The maximum Gasteiger partial charge on any atom is 0.295 e. The zero-order valence-electron chi connectivity index (χ0n) is 19.2. The van der Waals surface area contributed by atoms with E-state index in [1.807, 2.05) is 26.0 Å². The lowest BCUT2D eigenvalue weighted by molar-refractivity contribution is -0.140. The predicted octanol–water partition coefficient (Wildman–Crippen LogP) is 4.00. The van der Waals surface area contributed by atoms with Gasteiger partial charge in [0.1, 0.15) is 5.76 Å². The van der Waals surface area contributed by atoms with Crippen LogP contribution in [0.15, 0.2) is 48.0 Å². The first-order chi connectivity index (χ1) is 15.9. The molecule has 0 aliphatic carbocycles. The molecule has 2 heterocycles. The van der Waals surface area contributed by atoms with E-state index in [0.717, 1.165) is 18.4 Å². The van der Waals surface area contributed by atoms with Crippen molar-refractivity contribution in [3.8, 4) is 11.5 Å². The van der Waals surface area contributed by atoms with Gasteiger partial charge in [-0.25, -0.2) is 0 Å². The van der Waals surface area contributed by atoms with Gasteiger partial charge in [-0.3, -0.25) is 9.59 Å². The molecule has 2 fully saturated rings. The maximum atomic E-state index is 13.2. The number of aliphatic hydroxyl groups excluding tert-OH is 1. The lowest BCUT2D eigenvalue weighted by Gasteiger charge is -2.28. The Labute approximate surface area is 193 Å². The first kappa shape index (κ1) is 22.9. The van der Waals surface area contributed by atoms with Gasteiger partial charge in [0.2, 0.25) is 0 Å². The molecule has 2 aromatic carbocycles. The Bertz CT molecular complexity index is 1070. The van der Waals surface area contributed by atoms with E-state index in [1.54, 1.807) is 30.3 Å². The first-order valence-corrected chi connectivity index (χ1v) is 11.2. The molecule has 0 spiro atoms. The minimum Gasteiger partial charge on any atom is -0.507 e. The molecule has 2 aromatic rings. The van der Waals surface area contributed by atoms with Crippen molar-refractivity contribution in [3.63, 3.8) is 0 Å². The summed E-state index contributed by atoms with van der Waals surface area (Å²) in [4.78, 5) is 27.8. The van der Waals surface area contributed by atoms with Crippen LogP contribution < -0.4 is 9.47 Å². The molecule has 1 amide bonds. The van der Waals surface area contributed by atoms with Gasteiger partial charge in [-0.05, 0) is 44.4 Å². The lowest BCUT2D eigenvalue weighted by Crippen LogP contribution is -2.36. The van der Waals surface area contributed by atoms with Crippen molar-refractivity contribution in [2.45, 2.75) is 38.8 Å². The van der Waals surface area contributed by atoms with E-state index in [4.69, 9.17) is 14.2 Å². The van der Waals surface area contributed by atoms with Crippen LogP contribution in [0.5, 0.6) is 11.5 Å². The van der Waals surface area contributed by atoms with Crippen molar-refractivity contribution < 1.29 is 28.9 Å². The fourth-order valence-electron chi connectivity index (χ4n) is 4.42. The molecule has 0 bridgehead atoms. The summed E-state index contributed by atoms with van der Waals surface area (Å²) >= 11 is 0. The summed E-state index contributed by atoms with van der Waals surface area (Å²) in [5, 5.41) is 11.2. The SMILES string of the molecule is CCOc1ccc(C2/C(=C(\O)c3ccc(C)cc3)C(=O)C(=O)N2CC2CCCO2)cc1OC. The van der Waals surface area contributed by atoms with Crippen molar-refractivity contribution in [2.24, 2.45) is 0 Å². The molecule has 1 N–H and O–H groups in total. The van der Waals surface area contributed by atoms with Crippen LogP contribution in [0, 0.1) is 6.92 Å². The Balaban J connectivity index is 1.83. The van der Waals surface area contributed by atoms with Crippen molar-refractivity contribution in [2.75, 3.05) is 26.9 Å². The number of likely N-dealkylation sites (tertiary alicyclic amines) is 1. The van der Waals surface area contributed by atoms with Crippen molar-refractivity contribution >= 4 is 17.4 Å². The predicted molar refractivity (Wildman–Crippen MR) is 123 cm³/mol. The van der Waals surface area contributed by atoms with Crippen LogP contribution in [0.4, 0.5) is 0 Å². The molecular weight excluding hydrogens is 422 g/mol. The normalized spacial score (nSPS) is 22.1. The van der Waals surface area contributed by atoms with E-state index in [0.29, 0.717) is 35.8 Å². The molecule has 174 valence electrons. The van der Waals surface area contributed by atoms with Crippen LogP contribution in [0.3, 0.4) is 0 Å². The number of aryl methyl sites for hydroxylation is 1. The van der Waals surface area contributed by atoms with Gasteiger partial charge in [0, 0.05) is 18.7 Å². The summed E-state index contributed by atoms with van der Waals surface area (Å²) in [5.74, 6) is -0.479. The van der Waals surface area contributed by atoms with Gasteiger partial charge in [-0.15, -0.1) is 0 Å². The summed E-state index contributed by atoms with van der Waals surface area (Å²) in [7, 11) is 1.54. The number of carbonyl (C=O) groups is 2. The number of ketones is 1. The minimum atomic E-state index is -0.764. The van der Waals surface area contributed by atoms with Gasteiger partial charge in [0.25, 0.3) is 11.7 Å². The molecule has 7 heteroatoms. The largest absolute Gasteiger partial charge is 0.507 e. The highest BCUT2D eigenvalue weighted by atomic mass is 16.5. The monoisotopic (exact) mass is 451 g/mol. The molecule has 7 nitrogen and oxygen atoms in total. The number of methoxy groups -OCH3 is 1. The Morgan fingerprint density at radius 3 is 2.55 bits per heavy atom. The van der Waals surface area contributed by atoms with Crippen molar-refractivity contribution in [3.05, 3.63) is 64.7 Å². The topological polar surface area (TPSA) is 85.3 Å². The summed E-state index contributed by atoms with van der Waals surface area (Å²) in [5.41, 5.74) is 2.23. The van der Waals surface area contributed by atoms with Crippen molar-refractivity contribution in [1.29, 1.82) is 0 Å². The summed E-state index contributed by atoms with van der Waals surface area (Å²) in [6.45, 7) is 5.21. The number of aliphatic hydroxyl groups is 1. The summed E-state index contributed by atoms with van der Waals surface area (Å²) in [6.07, 6.45) is 1.59. The molecule has 0 radical (unpaired) electrons. The fourth-order valence-corrected chi connectivity index (χ4v) is 4.42. The zero-order chi connectivity index (χ0) is 23.5. The highest BCUT2D eigenvalue weighted by Crippen LogP contribution is 2.42. The van der Waals surface area contributed by atoms with E-state index in [2.05, 4.69) is 0 Å². The van der Waals surface area contributed by atoms with Crippen molar-refractivity contribution in [1.82, 2.24) is 4.90 Å². The van der Waals surface area contributed by atoms with Gasteiger partial charge >= 0.3 is 0 Å². The number of hydrogen-bond acceptors (Lipinski definition) is 6. The van der Waals surface area contributed by atoms with Gasteiger partial charge in [0.05, 0.1) is 31.4 Å². The Morgan fingerprint density at radius 2 is 1.91 bits per heavy atom. The van der Waals surface area contributed by atoms with E-state index in [-0.39, 0.29) is 24.0 Å². The zero-order valence-corrected chi connectivity index (χ0v) is 19.2. The van der Waals surface area contributed by atoms with Crippen LogP contribution >= 0.6 is 0 Å². The molecule has 2 aliphatic rings. The smallest absolute Gasteiger partial charge is 0.295 e. The van der Waals surface area contributed by atoms with Gasteiger partial charge in [-0.1, -0.05) is 35.9 Å². The Hall–Kier alpha value is -3.32. The van der Waals surface area contributed by atoms with Crippen LogP contribution in [-0.4, -0.2) is 54.7 Å². The number of amides is 1. The first-order valence-electron chi connectivity index (χ1n) is 11.2. The molecular formula is C26H29NO6. The lowest BCUT2D eigenvalue weighted by atomic mass is 9.94. The van der Waals surface area contributed by atoms with E-state index in [1.165, 1.54) is 12.0 Å².